The summed E-state index contributed by atoms with van der Waals surface area (Å²) in [5.74, 6) is 0.263. The summed E-state index contributed by atoms with van der Waals surface area (Å²) in [7, 11) is 0. The van der Waals surface area contributed by atoms with Crippen LogP contribution in [0.2, 0.25) is 0 Å². The minimum Gasteiger partial charge on any atom is -0.431 e. The van der Waals surface area contributed by atoms with E-state index in [1.54, 1.807) is 4.57 Å². The summed E-state index contributed by atoms with van der Waals surface area (Å²) < 4.78 is 16.6. The minimum absolute atomic E-state index is 0.145. The molecular weight excluding hydrogens is 306 g/mol. The fourth-order valence-electron chi connectivity index (χ4n) is 2.37. The number of rotatable bonds is 4. The van der Waals surface area contributed by atoms with Crippen LogP contribution in [-0.4, -0.2) is 49.6 Å². The van der Waals surface area contributed by atoms with Crippen LogP contribution in [0.1, 0.15) is 12.6 Å². The molecule has 3 atom stereocenters. The molecule has 0 radical (unpaired) electrons. The Morgan fingerprint density at radius 2 is 2.39 bits per heavy atom. The van der Waals surface area contributed by atoms with Gasteiger partial charge in [0.25, 0.3) is 0 Å². The fourth-order valence-corrected chi connectivity index (χ4v) is 2.37. The first-order valence-electron chi connectivity index (χ1n) is 6.81. The molecule has 1 fully saturated rings. The van der Waals surface area contributed by atoms with E-state index in [1.807, 2.05) is 0 Å². The number of aliphatic hydroxyl groups excluding tert-OH is 1. The number of nitrogen functional groups attached to an aromatic ring is 1. The van der Waals surface area contributed by atoms with E-state index in [-0.39, 0.29) is 12.4 Å². The molecule has 0 aromatic carbocycles. The van der Waals surface area contributed by atoms with Crippen LogP contribution in [0.15, 0.2) is 25.5 Å². The molecule has 23 heavy (non-hydrogen) atoms. The Hall–Kier alpha value is -2.72. The molecule has 0 amide bonds. The van der Waals surface area contributed by atoms with Gasteiger partial charge in [-0.25, -0.2) is 19.7 Å². The normalized spacial score (nSPS) is 23.8. The van der Waals surface area contributed by atoms with Gasteiger partial charge in [0.05, 0.1) is 18.7 Å². The number of hydrogen-bond acceptors (Lipinski definition) is 9. The molecule has 0 aliphatic carbocycles. The summed E-state index contributed by atoms with van der Waals surface area (Å²) in [6, 6.07) is 0. The lowest BCUT2D eigenvalue weighted by molar-refractivity contribution is -0.0531. The van der Waals surface area contributed by atoms with Crippen molar-refractivity contribution < 1.29 is 24.1 Å². The van der Waals surface area contributed by atoms with Crippen molar-refractivity contribution in [3.05, 3.63) is 25.5 Å². The third kappa shape index (κ3) is 2.94. The van der Waals surface area contributed by atoms with Gasteiger partial charge in [0.15, 0.2) is 11.5 Å². The maximum absolute atomic E-state index is 11.1. The lowest BCUT2D eigenvalue weighted by atomic mass is 10.2. The predicted molar refractivity (Wildman–Crippen MR) is 76.9 cm³/mol. The molecule has 2 aromatic rings. The largest absolute Gasteiger partial charge is 0.513 e. The van der Waals surface area contributed by atoms with Crippen LogP contribution in [0.4, 0.5) is 10.6 Å². The number of nitrogens with zero attached hydrogens (tertiary/aromatic N) is 4. The molecule has 3 heterocycles. The number of aromatic nitrogens is 4. The number of carbonyl (C=O) groups is 1. The van der Waals surface area contributed by atoms with Crippen molar-refractivity contribution in [2.75, 3.05) is 12.3 Å². The molecule has 122 valence electrons. The number of hydrogen-bond donors (Lipinski definition) is 2. The lowest BCUT2D eigenvalue weighted by Gasteiger charge is -2.15. The topological polar surface area (TPSA) is 135 Å². The van der Waals surface area contributed by atoms with E-state index in [4.69, 9.17) is 15.2 Å². The number of carbonyl (C=O) groups excluding carboxylic acids is 1. The van der Waals surface area contributed by atoms with E-state index in [0.717, 1.165) is 6.26 Å². The van der Waals surface area contributed by atoms with Crippen LogP contribution in [0.3, 0.4) is 0 Å². The Balaban J connectivity index is 1.71. The van der Waals surface area contributed by atoms with E-state index >= 15 is 0 Å². The molecule has 3 rings (SSSR count). The zero-order chi connectivity index (χ0) is 16.4. The van der Waals surface area contributed by atoms with Gasteiger partial charge in [-0.2, -0.15) is 0 Å². The van der Waals surface area contributed by atoms with Crippen LogP contribution < -0.4 is 5.73 Å². The van der Waals surface area contributed by atoms with Gasteiger partial charge in [-0.15, -0.1) is 0 Å². The Kier molecular flexibility index (Phi) is 4.08. The van der Waals surface area contributed by atoms with Crippen LogP contribution >= 0.6 is 0 Å². The number of aliphatic hydroxyl groups is 1. The number of nitrogens with two attached hydrogens (primary N) is 1. The average molecular weight is 321 g/mol. The van der Waals surface area contributed by atoms with Crippen molar-refractivity contribution >= 4 is 23.1 Å². The van der Waals surface area contributed by atoms with Gasteiger partial charge in [-0.1, -0.05) is 6.58 Å². The molecule has 3 N–H and O–H groups in total. The summed E-state index contributed by atoms with van der Waals surface area (Å²) in [6.07, 6.45) is 1.18. The second-order valence-corrected chi connectivity index (χ2v) is 4.86. The first-order chi connectivity index (χ1) is 11.1. The predicted octanol–water partition coefficient (Wildman–Crippen LogP) is 0.354. The Morgan fingerprint density at radius 1 is 1.57 bits per heavy atom. The zero-order valence-electron chi connectivity index (χ0n) is 12.0. The Bertz CT molecular complexity index is 733. The van der Waals surface area contributed by atoms with Gasteiger partial charge in [-0.3, -0.25) is 4.57 Å². The van der Waals surface area contributed by atoms with Crippen LogP contribution in [0, 0.1) is 0 Å². The fraction of sp³-hybridized carbons (Fsp3) is 0.385. The molecule has 10 nitrogen and oxygen atoms in total. The highest BCUT2D eigenvalue weighted by atomic mass is 16.7. The van der Waals surface area contributed by atoms with Gasteiger partial charge in [0, 0.05) is 6.42 Å². The van der Waals surface area contributed by atoms with E-state index in [9.17, 15) is 9.90 Å². The summed E-state index contributed by atoms with van der Waals surface area (Å²) in [5, 5.41) is 10.1. The summed E-state index contributed by atoms with van der Waals surface area (Å²) in [4.78, 5) is 23.3. The molecule has 0 bridgehead atoms. The quantitative estimate of drug-likeness (QED) is 0.604. The standard InChI is InChI=1S/C13H15N5O5/c1-2-21-13(20)22-4-8-7(19)3-9(23-8)18-6-17-10-11(14)15-5-16-12(10)18/h2,5-9,19H,1,3-4H2,(H2,14,15,16)/t7-,8+,9+/m0/s1. The van der Waals surface area contributed by atoms with Crippen LogP contribution in [0.25, 0.3) is 11.2 Å². The highest BCUT2D eigenvalue weighted by molar-refractivity contribution is 5.81. The van der Waals surface area contributed by atoms with Crippen molar-refractivity contribution in [2.45, 2.75) is 24.9 Å². The van der Waals surface area contributed by atoms with Crippen molar-refractivity contribution in [2.24, 2.45) is 0 Å². The second-order valence-electron chi connectivity index (χ2n) is 4.86. The molecule has 0 spiro atoms. The minimum atomic E-state index is -0.909. The van der Waals surface area contributed by atoms with Gasteiger partial charge in [0.1, 0.15) is 30.8 Å². The average Bonchev–Trinajstić information content (AvgIpc) is 3.10. The van der Waals surface area contributed by atoms with Crippen molar-refractivity contribution in [3.63, 3.8) is 0 Å². The SMILES string of the molecule is C=COC(=O)OC[C@H]1O[C@@H](n2cnc3c(N)ncnc32)C[C@@H]1O. The van der Waals surface area contributed by atoms with Crippen molar-refractivity contribution in [1.29, 1.82) is 0 Å². The number of ether oxygens (including phenoxy) is 3. The van der Waals surface area contributed by atoms with Gasteiger partial charge in [-0.05, 0) is 0 Å². The molecule has 0 saturated carbocycles. The Morgan fingerprint density at radius 3 is 3.17 bits per heavy atom. The number of anilines is 1. The van der Waals surface area contributed by atoms with E-state index in [2.05, 4.69) is 26.3 Å². The third-order valence-corrected chi connectivity index (χ3v) is 3.45. The van der Waals surface area contributed by atoms with Gasteiger partial charge in [0.2, 0.25) is 0 Å². The highest BCUT2D eigenvalue weighted by Crippen LogP contribution is 2.31. The monoisotopic (exact) mass is 321 g/mol. The molecule has 10 heteroatoms. The first kappa shape index (κ1) is 15.2. The smallest absolute Gasteiger partial charge is 0.431 e. The van der Waals surface area contributed by atoms with Crippen molar-refractivity contribution in [3.8, 4) is 0 Å². The van der Waals surface area contributed by atoms with Gasteiger partial charge < -0.3 is 25.1 Å². The van der Waals surface area contributed by atoms with Crippen molar-refractivity contribution in [1.82, 2.24) is 19.5 Å². The van der Waals surface area contributed by atoms with E-state index < -0.39 is 24.6 Å². The molecule has 0 unspecified atom stereocenters. The summed E-state index contributed by atoms with van der Waals surface area (Å²) >= 11 is 0. The molecule has 2 aromatic heterocycles. The Labute approximate surface area is 130 Å². The lowest BCUT2D eigenvalue weighted by Crippen LogP contribution is -2.27. The third-order valence-electron chi connectivity index (χ3n) is 3.45. The van der Waals surface area contributed by atoms with E-state index in [1.165, 1.54) is 12.7 Å². The zero-order valence-corrected chi connectivity index (χ0v) is 12.0. The number of fused-ring (bicyclic) bond motifs is 1. The first-order valence-corrected chi connectivity index (χ1v) is 6.81. The van der Waals surface area contributed by atoms with Crippen LogP contribution in [-0.2, 0) is 14.2 Å². The maximum atomic E-state index is 11.1. The summed E-state index contributed by atoms with van der Waals surface area (Å²) in [5.41, 5.74) is 6.70. The maximum Gasteiger partial charge on any atom is 0.513 e. The molecular formula is C13H15N5O5. The molecule has 1 saturated heterocycles. The molecule has 1 aliphatic heterocycles. The van der Waals surface area contributed by atoms with Gasteiger partial charge >= 0.3 is 6.16 Å². The van der Waals surface area contributed by atoms with Crippen LogP contribution in [0.5, 0.6) is 0 Å². The second kappa shape index (κ2) is 6.18. The number of imidazole rings is 1. The van der Waals surface area contributed by atoms with E-state index in [0.29, 0.717) is 17.6 Å². The molecule has 1 aliphatic rings. The highest BCUT2D eigenvalue weighted by Gasteiger charge is 2.36. The summed E-state index contributed by atoms with van der Waals surface area (Å²) in [6.45, 7) is 3.10.